The molecule has 4 nitrogen and oxygen atoms in total. The quantitative estimate of drug-likeness (QED) is 0.777. The van der Waals surface area contributed by atoms with Crippen LogP contribution in [0.4, 0.5) is 0 Å². The van der Waals surface area contributed by atoms with Crippen molar-refractivity contribution < 1.29 is 9.59 Å². The number of rotatable bonds is 2. The molecule has 0 bridgehead atoms. The smallest absolute Gasteiger partial charge is 0.253 e. The average molecular weight is 206 g/mol. The van der Waals surface area contributed by atoms with E-state index in [9.17, 15) is 9.59 Å². The monoisotopic (exact) mass is 206 g/mol. The summed E-state index contributed by atoms with van der Waals surface area (Å²) in [6, 6.07) is 4.90. The fraction of sp³-hybridized carbons (Fsp3) is 0.273. The molecule has 1 aromatic carbocycles. The first-order valence-corrected chi connectivity index (χ1v) is 4.55. The van der Waals surface area contributed by atoms with Gasteiger partial charge in [-0.15, -0.1) is 0 Å². The molecule has 0 fully saturated rings. The normalized spacial score (nSPS) is 9.80. The molecule has 0 saturated carbocycles. The van der Waals surface area contributed by atoms with Gasteiger partial charge in [-0.3, -0.25) is 9.59 Å². The first-order chi connectivity index (χ1) is 6.91. The number of carbonyl (C=O) groups excluding carboxylic acids is 2. The SMILES string of the molecule is Cc1cc(C(N)=O)cc(C(=O)N(C)C)c1. The topological polar surface area (TPSA) is 63.4 Å². The van der Waals surface area contributed by atoms with E-state index in [-0.39, 0.29) is 5.91 Å². The van der Waals surface area contributed by atoms with Gasteiger partial charge in [0.2, 0.25) is 5.91 Å². The van der Waals surface area contributed by atoms with E-state index in [1.54, 1.807) is 26.2 Å². The molecule has 80 valence electrons. The lowest BCUT2D eigenvalue weighted by Crippen LogP contribution is -2.22. The third-order valence-electron chi connectivity index (χ3n) is 2.01. The van der Waals surface area contributed by atoms with Gasteiger partial charge in [0.25, 0.3) is 5.91 Å². The molecular weight excluding hydrogens is 192 g/mol. The highest BCUT2D eigenvalue weighted by Crippen LogP contribution is 2.10. The Morgan fingerprint density at radius 2 is 1.67 bits per heavy atom. The Morgan fingerprint density at radius 3 is 2.13 bits per heavy atom. The van der Waals surface area contributed by atoms with Crippen molar-refractivity contribution in [2.24, 2.45) is 5.73 Å². The second-order valence-electron chi connectivity index (χ2n) is 3.65. The Morgan fingerprint density at radius 1 is 1.13 bits per heavy atom. The predicted octanol–water partition coefficient (Wildman–Crippen LogP) is 0.796. The van der Waals surface area contributed by atoms with Crippen LogP contribution in [0.5, 0.6) is 0 Å². The van der Waals surface area contributed by atoms with E-state index in [2.05, 4.69) is 0 Å². The fourth-order valence-corrected chi connectivity index (χ4v) is 1.31. The van der Waals surface area contributed by atoms with Gasteiger partial charge in [-0.1, -0.05) is 0 Å². The molecule has 2 amide bonds. The number of nitrogens with zero attached hydrogens (tertiary/aromatic N) is 1. The van der Waals surface area contributed by atoms with E-state index in [1.807, 2.05) is 6.92 Å². The minimum absolute atomic E-state index is 0.138. The zero-order chi connectivity index (χ0) is 11.6. The van der Waals surface area contributed by atoms with Crippen molar-refractivity contribution in [3.63, 3.8) is 0 Å². The highest BCUT2D eigenvalue weighted by atomic mass is 16.2. The number of carbonyl (C=O) groups is 2. The first-order valence-electron chi connectivity index (χ1n) is 4.55. The summed E-state index contributed by atoms with van der Waals surface area (Å²) in [6.07, 6.45) is 0. The van der Waals surface area contributed by atoms with E-state index in [4.69, 9.17) is 5.73 Å². The van der Waals surface area contributed by atoms with Crippen LogP contribution in [0.15, 0.2) is 18.2 Å². The average Bonchev–Trinajstić information content (AvgIpc) is 2.15. The van der Waals surface area contributed by atoms with Crippen LogP contribution in [0.3, 0.4) is 0 Å². The van der Waals surface area contributed by atoms with E-state index in [0.717, 1.165) is 5.56 Å². The van der Waals surface area contributed by atoms with E-state index >= 15 is 0 Å². The number of hydrogen-bond acceptors (Lipinski definition) is 2. The number of primary amides is 1. The van der Waals surface area contributed by atoms with Gasteiger partial charge in [-0.05, 0) is 30.7 Å². The van der Waals surface area contributed by atoms with Crippen LogP contribution >= 0.6 is 0 Å². The second kappa shape index (κ2) is 4.13. The number of benzene rings is 1. The van der Waals surface area contributed by atoms with Crippen molar-refractivity contribution in [2.75, 3.05) is 14.1 Å². The predicted molar refractivity (Wildman–Crippen MR) is 57.7 cm³/mol. The summed E-state index contributed by atoms with van der Waals surface area (Å²) < 4.78 is 0. The molecule has 0 aliphatic carbocycles. The lowest BCUT2D eigenvalue weighted by atomic mass is 10.1. The van der Waals surface area contributed by atoms with Gasteiger partial charge in [0, 0.05) is 25.2 Å². The standard InChI is InChI=1S/C11H14N2O2/c1-7-4-8(10(12)14)6-9(5-7)11(15)13(2)3/h4-6H,1-3H3,(H2,12,14). The van der Waals surface area contributed by atoms with Crippen LogP contribution in [-0.4, -0.2) is 30.8 Å². The molecular formula is C11H14N2O2. The van der Waals surface area contributed by atoms with Crippen molar-refractivity contribution >= 4 is 11.8 Å². The maximum Gasteiger partial charge on any atom is 0.253 e. The van der Waals surface area contributed by atoms with Gasteiger partial charge in [-0.2, -0.15) is 0 Å². The van der Waals surface area contributed by atoms with Gasteiger partial charge >= 0.3 is 0 Å². The van der Waals surface area contributed by atoms with Crippen molar-refractivity contribution in [3.05, 3.63) is 34.9 Å². The van der Waals surface area contributed by atoms with Crippen molar-refractivity contribution in [3.8, 4) is 0 Å². The first kappa shape index (κ1) is 11.2. The molecule has 1 rings (SSSR count). The minimum Gasteiger partial charge on any atom is -0.366 e. The number of nitrogens with two attached hydrogens (primary N) is 1. The molecule has 2 N–H and O–H groups in total. The molecule has 0 unspecified atom stereocenters. The molecule has 15 heavy (non-hydrogen) atoms. The zero-order valence-electron chi connectivity index (χ0n) is 9.07. The van der Waals surface area contributed by atoms with Crippen LogP contribution in [-0.2, 0) is 0 Å². The van der Waals surface area contributed by atoms with E-state index < -0.39 is 5.91 Å². The largest absolute Gasteiger partial charge is 0.366 e. The summed E-state index contributed by atoms with van der Waals surface area (Å²) in [5.41, 5.74) is 6.85. The summed E-state index contributed by atoms with van der Waals surface area (Å²) in [6.45, 7) is 1.82. The molecule has 0 saturated heterocycles. The highest BCUT2D eigenvalue weighted by Gasteiger charge is 2.11. The van der Waals surface area contributed by atoms with Gasteiger partial charge < -0.3 is 10.6 Å². The summed E-state index contributed by atoms with van der Waals surface area (Å²) in [4.78, 5) is 24.1. The van der Waals surface area contributed by atoms with E-state index in [0.29, 0.717) is 11.1 Å². The summed E-state index contributed by atoms with van der Waals surface area (Å²) in [7, 11) is 3.32. The van der Waals surface area contributed by atoms with Crippen molar-refractivity contribution in [1.29, 1.82) is 0 Å². The molecule has 0 aliphatic rings. The van der Waals surface area contributed by atoms with Crippen LogP contribution in [0.2, 0.25) is 0 Å². The number of aryl methyl sites for hydroxylation is 1. The summed E-state index contributed by atoms with van der Waals surface area (Å²) in [5, 5.41) is 0. The van der Waals surface area contributed by atoms with Crippen molar-refractivity contribution in [2.45, 2.75) is 6.92 Å². The molecule has 1 aromatic rings. The minimum atomic E-state index is -0.522. The van der Waals surface area contributed by atoms with Gasteiger partial charge in [0.05, 0.1) is 0 Å². The number of hydrogen-bond donors (Lipinski definition) is 1. The Balaban J connectivity index is 3.20. The lowest BCUT2D eigenvalue weighted by Gasteiger charge is -2.11. The van der Waals surface area contributed by atoms with Crippen LogP contribution < -0.4 is 5.73 Å². The Labute approximate surface area is 88.7 Å². The fourth-order valence-electron chi connectivity index (χ4n) is 1.31. The lowest BCUT2D eigenvalue weighted by molar-refractivity contribution is 0.0827. The maximum absolute atomic E-state index is 11.6. The molecule has 4 heteroatoms. The van der Waals surface area contributed by atoms with Gasteiger partial charge in [0.15, 0.2) is 0 Å². The van der Waals surface area contributed by atoms with Crippen LogP contribution in [0.25, 0.3) is 0 Å². The highest BCUT2D eigenvalue weighted by molar-refractivity contribution is 5.99. The third kappa shape index (κ3) is 2.56. The third-order valence-corrected chi connectivity index (χ3v) is 2.01. The summed E-state index contributed by atoms with van der Waals surface area (Å²) >= 11 is 0. The van der Waals surface area contributed by atoms with Crippen LogP contribution in [0, 0.1) is 6.92 Å². The van der Waals surface area contributed by atoms with Gasteiger partial charge in [0.1, 0.15) is 0 Å². The molecule has 0 radical (unpaired) electrons. The second-order valence-corrected chi connectivity index (χ2v) is 3.65. The maximum atomic E-state index is 11.6. The van der Waals surface area contributed by atoms with E-state index in [1.165, 1.54) is 11.0 Å². The molecule has 0 atom stereocenters. The Kier molecular flexibility index (Phi) is 3.09. The molecule has 0 heterocycles. The molecule has 0 spiro atoms. The Bertz CT molecular complexity index is 411. The Hall–Kier alpha value is -1.84. The summed E-state index contributed by atoms with van der Waals surface area (Å²) in [5.74, 6) is -0.660. The number of amides is 2. The molecule has 0 aliphatic heterocycles. The van der Waals surface area contributed by atoms with Gasteiger partial charge in [-0.25, -0.2) is 0 Å². The zero-order valence-corrected chi connectivity index (χ0v) is 9.07. The van der Waals surface area contributed by atoms with Crippen molar-refractivity contribution in [1.82, 2.24) is 4.90 Å². The molecule has 0 aromatic heterocycles. The van der Waals surface area contributed by atoms with Crippen LogP contribution in [0.1, 0.15) is 26.3 Å².